The number of aromatic hydroxyl groups is 2. The van der Waals surface area contributed by atoms with Gasteiger partial charge in [-0.05, 0) is 60.2 Å². The summed E-state index contributed by atoms with van der Waals surface area (Å²) in [5.74, 6) is 1.97. The maximum Gasteiger partial charge on any atom is 0.153 e. The van der Waals surface area contributed by atoms with Crippen LogP contribution in [0, 0.1) is 0 Å². The first-order valence-electron chi connectivity index (χ1n) is 7.48. The summed E-state index contributed by atoms with van der Waals surface area (Å²) in [6, 6.07) is 21.9. The Kier molecular flexibility index (Phi) is 3.59. The van der Waals surface area contributed by atoms with Crippen LogP contribution in [0.3, 0.4) is 0 Å². The Hall–Kier alpha value is -2.98. The lowest BCUT2D eigenvalue weighted by Crippen LogP contribution is -1.85. The second-order valence-electron chi connectivity index (χ2n) is 5.40. The molecule has 0 bridgehead atoms. The van der Waals surface area contributed by atoms with Crippen molar-refractivity contribution < 1.29 is 14.9 Å². The first kappa shape index (κ1) is 14.6. The van der Waals surface area contributed by atoms with Gasteiger partial charge < -0.3 is 14.9 Å². The van der Waals surface area contributed by atoms with Crippen LogP contribution < -0.4 is 4.74 Å². The molecule has 0 unspecified atom stereocenters. The van der Waals surface area contributed by atoms with Gasteiger partial charge in [-0.25, -0.2) is 0 Å². The molecule has 4 heteroatoms. The number of hydrogen-bond acceptors (Lipinski definition) is 4. The van der Waals surface area contributed by atoms with Gasteiger partial charge in [0.25, 0.3) is 0 Å². The van der Waals surface area contributed by atoms with Crippen molar-refractivity contribution >= 4 is 21.4 Å². The maximum absolute atomic E-state index is 9.76. The SMILES string of the molecule is Oc1ccc(-c2sc3cc(O)ccc3c2Oc2ccccc2)cc1. The second kappa shape index (κ2) is 5.91. The molecule has 0 aliphatic rings. The van der Waals surface area contributed by atoms with Crippen LogP contribution in [0.5, 0.6) is 23.0 Å². The fourth-order valence-electron chi connectivity index (χ4n) is 2.57. The van der Waals surface area contributed by atoms with Crippen LogP contribution in [0.2, 0.25) is 0 Å². The number of thiophene rings is 1. The van der Waals surface area contributed by atoms with Crippen molar-refractivity contribution in [1.29, 1.82) is 0 Å². The number of hydrogen-bond donors (Lipinski definition) is 2. The average Bonchev–Trinajstić information content (AvgIpc) is 2.94. The summed E-state index contributed by atoms with van der Waals surface area (Å²) < 4.78 is 7.10. The smallest absolute Gasteiger partial charge is 0.153 e. The molecule has 0 saturated carbocycles. The zero-order chi connectivity index (χ0) is 16.5. The molecule has 3 aromatic carbocycles. The van der Waals surface area contributed by atoms with Gasteiger partial charge in [-0.3, -0.25) is 0 Å². The van der Waals surface area contributed by atoms with E-state index >= 15 is 0 Å². The molecule has 0 spiro atoms. The van der Waals surface area contributed by atoms with Crippen LogP contribution >= 0.6 is 11.3 Å². The summed E-state index contributed by atoms with van der Waals surface area (Å²) in [5, 5.41) is 20.2. The van der Waals surface area contributed by atoms with Gasteiger partial charge in [0, 0.05) is 10.1 Å². The Morgan fingerprint density at radius 1 is 0.750 bits per heavy atom. The summed E-state index contributed by atoms with van der Waals surface area (Å²) in [4.78, 5) is 0.958. The Morgan fingerprint density at radius 2 is 1.46 bits per heavy atom. The zero-order valence-corrected chi connectivity index (χ0v) is 13.5. The average molecular weight is 334 g/mol. The summed E-state index contributed by atoms with van der Waals surface area (Å²) in [6.07, 6.45) is 0. The van der Waals surface area contributed by atoms with Crippen molar-refractivity contribution in [3.05, 3.63) is 72.8 Å². The first-order valence-corrected chi connectivity index (χ1v) is 8.30. The lowest BCUT2D eigenvalue weighted by Gasteiger charge is -2.08. The number of rotatable bonds is 3. The molecule has 0 saturated heterocycles. The van der Waals surface area contributed by atoms with E-state index in [1.54, 1.807) is 35.6 Å². The zero-order valence-electron chi connectivity index (χ0n) is 12.6. The molecule has 2 N–H and O–H groups in total. The van der Waals surface area contributed by atoms with Crippen molar-refractivity contribution in [2.75, 3.05) is 0 Å². The summed E-state index contributed by atoms with van der Waals surface area (Å²) in [5.41, 5.74) is 0.958. The Labute approximate surface area is 143 Å². The minimum absolute atomic E-state index is 0.225. The normalized spacial score (nSPS) is 10.8. The third-order valence-corrected chi connectivity index (χ3v) is 4.90. The van der Waals surface area contributed by atoms with Gasteiger partial charge in [-0.1, -0.05) is 18.2 Å². The lowest BCUT2D eigenvalue weighted by molar-refractivity contribution is 0.475. The molecule has 1 aromatic heterocycles. The predicted octanol–water partition coefficient (Wildman–Crippen LogP) is 5.77. The number of benzene rings is 3. The predicted molar refractivity (Wildman–Crippen MR) is 97.1 cm³/mol. The largest absolute Gasteiger partial charge is 0.508 e. The highest BCUT2D eigenvalue weighted by Gasteiger charge is 2.16. The van der Waals surface area contributed by atoms with Crippen LogP contribution in [-0.4, -0.2) is 10.2 Å². The first-order chi connectivity index (χ1) is 11.7. The molecule has 3 nitrogen and oxygen atoms in total. The summed E-state index contributed by atoms with van der Waals surface area (Å²) in [7, 11) is 0. The van der Waals surface area contributed by atoms with E-state index in [0.29, 0.717) is 0 Å². The second-order valence-corrected chi connectivity index (χ2v) is 6.45. The van der Waals surface area contributed by atoms with Crippen molar-refractivity contribution in [2.45, 2.75) is 0 Å². The minimum atomic E-state index is 0.225. The third-order valence-electron chi connectivity index (χ3n) is 3.72. The molecule has 0 aliphatic heterocycles. The van der Waals surface area contributed by atoms with E-state index in [1.165, 1.54) is 0 Å². The van der Waals surface area contributed by atoms with E-state index in [1.807, 2.05) is 48.5 Å². The van der Waals surface area contributed by atoms with Crippen LogP contribution in [0.15, 0.2) is 72.8 Å². The molecular weight excluding hydrogens is 320 g/mol. The van der Waals surface area contributed by atoms with Gasteiger partial charge in [0.15, 0.2) is 5.75 Å². The third kappa shape index (κ3) is 2.68. The standard InChI is InChI=1S/C20H14O3S/c21-14-8-6-13(7-9-14)20-19(23-16-4-2-1-3-5-16)17-11-10-15(22)12-18(17)24-20/h1-12,21-22H. The molecule has 1 heterocycles. The van der Waals surface area contributed by atoms with Crippen molar-refractivity contribution in [3.63, 3.8) is 0 Å². The minimum Gasteiger partial charge on any atom is -0.508 e. The van der Waals surface area contributed by atoms with Crippen LogP contribution in [0.4, 0.5) is 0 Å². The maximum atomic E-state index is 9.76. The fraction of sp³-hybridized carbons (Fsp3) is 0. The van der Waals surface area contributed by atoms with E-state index < -0.39 is 0 Å². The molecule has 0 radical (unpaired) electrons. The van der Waals surface area contributed by atoms with E-state index in [2.05, 4.69) is 0 Å². The molecule has 0 atom stereocenters. The van der Waals surface area contributed by atoms with Crippen molar-refractivity contribution in [2.24, 2.45) is 0 Å². The van der Waals surface area contributed by atoms with E-state index in [9.17, 15) is 10.2 Å². The lowest BCUT2D eigenvalue weighted by atomic mass is 10.1. The Balaban J connectivity index is 1.91. The highest BCUT2D eigenvalue weighted by Crippen LogP contribution is 2.47. The van der Waals surface area contributed by atoms with Crippen LogP contribution in [0.1, 0.15) is 0 Å². The topological polar surface area (TPSA) is 49.7 Å². The van der Waals surface area contributed by atoms with Crippen LogP contribution in [0.25, 0.3) is 20.5 Å². The number of phenolic OH excluding ortho intramolecular Hbond substituents is 2. The van der Waals surface area contributed by atoms with Crippen molar-refractivity contribution in [1.82, 2.24) is 0 Å². The van der Waals surface area contributed by atoms with Gasteiger partial charge in [0.2, 0.25) is 0 Å². The van der Waals surface area contributed by atoms with E-state index in [-0.39, 0.29) is 11.5 Å². The Bertz CT molecular complexity index is 989. The molecular formula is C20H14O3S. The molecule has 4 aromatic rings. The molecule has 0 amide bonds. The molecule has 118 valence electrons. The van der Waals surface area contributed by atoms with Crippen molar-refractivity contribution in [3.8, 4) is 33.4 Å². The fourth-order valence-corrected chi connectivity index (χ4v) is 3.74. The highest BCUT2D eigenvalue weighted by atomic mass is 32.1. The number of para-hydroxylation sites is 1. The monoisotopic (exact) mass is 334 g/mol. The highest BCUT2D eigenvalue weighted by molar-refractivity contribution is 7.22. The quantitative estimate of drug-likeness (QED) is 0.500. The number of phenols is 2. The van der Waals surface area contributed by atoms with Gasteiger partial charge in [-0.15, -0.1) is 11.3 Å². The van der Waals surface area contributed by atoms with Gasteiger partial charge in [0.1, 0.15) is 17.2 Å². The summed E-state index contributed by atoms with van der Waals surface area (Å²) >= 11 is 1.55. The van der Waals surface area contributed by atoms with Gasteiger partial charge >= 0.3 is 0 Å². The molecule has 0 aliphatic carbocycles. The molecule has 0 fully saturated rings. The van der Waals surface area contributed by atoms with Gasteiger partial charge in [-0.2, -0.15) is 0 Å². The van der Waals surface area contributed by atoms with E-state index in [4.69, 9.17) is 4.74 Å². The van der Waals surface area contributed by atoms with Gasteiger partial charge in [0.05, 0.1) is 4.88 Å². The van der Waals surface area contributed by atoms with Crippen LogP contribution in [-0.2, 0) is 0 Å². The molecule has 24 heavy (non-hydrogen) atoms. The molecule has 4 rings (SSSR count). The van der Waals surface area contributed by atoms with E-state index in [0.717, 1.165) is 32.0 Å². The number of ether oxygens (including phenoxy) is 1. The summed E-state index contributed by atoms with van der Waals surface area (Å²) in [6.45, 7) is 0. The number of fused-ring (bicyclic) bond motifs is 1. The Morgan fingerprint density at radius 3 is 2.21 bits per heavy atom.